The van der Waals surface area contributed by atoms with Gasteiger partial charge in [0.2, 0.25) is 0 Å². The van der Waals surface area contributed by atoms with E-state index in [0.29, 0.717) is 30.6 Å². The van der Waals surface area contributed by atoms with Crippen molar-refractivity contribution in [3.05, 3.63) is 23.5 Å². The van der Waals surface area contributed by atoms with Crippen LogP contribution in [-0.4, -0.2) is 31.8 Å². The van der Waals surface area contributed by atoms with Gasteiger partial charge in [0.05, 0.1) is 19.8 Å². The van der Waals surface area contributed by atoms with Crippen LogP contribution in [0, 0.1) is 5.41 Å². The highest BCUT2D eigenvalue weighted by atomic mass is 16.5. The minimum absolute atomic E-state index is 0.364. The molecule has 2 rings (SSSR count). The van der Waals surface area contributed by atoms with Gasteiger partial charge in [-0.25, -0.2) is 4.79 Å². The number of ether oxygens (including phenoxy) is 3. The molecular weight excluding hydrogens is 260 g/mol. The molecule has 0 aromatic rings. The Bertz CT molecular complexity index is 518. The molecule has 0 unspecified atom stereocenters. The Morgan fingerprint density at radius 2 is 1.95 bits per heavy atom. The molecule has 1 saturated heterocycles. The smallest absolute Gasteiger partial charge is 0.337 e. The van der Waals surface area contributed by atoms with Gasteiger partial charge >= 0.3 is 11.9 Å². The second-order valence-electron chi connectivity index (χ2n) is 5.66. The summed E-state index contributed by atoms with van der Waals surface area (Å²) in [6, 6.07) is 0. The Morgan fingerprint density at radius 3 is 2.45 bits per heavy atom. The molecule has 1 aliphatic carbocycles. The molecule has 0 aromatic heterocycles. The monoisotopic (exact) mass is 280 g/mol. The third-order valence-corrected chi connectivity index (χ3v) is 4.39. The molecule has 110 valence electrons. The highest BCUT2D eigenvalue weighted by Crippen LogP contribution is 2.58. The van der Waals surface area contributed by atoms with Gasteiger partial charge in [0.15, 0.2) is 0 Å². The quantitative estimate of drug-likeness (QED) is 0.585. The first-order chi connectivity index (χ1) is 9.30. The number of carbonyl (C=O) groups is 2. The molecule has 2 atom stereocenters. The summed E-state index contributed by atoms with van der Waals surface area (Å²) in [5.41, 5.74) is -0.301. The van der Waals surface area contributed by atoms with Crippen molar-refractivity contribution in [2.45, 2.75) is 38.7 Å². The van der Waals surface area contributed by atoms with E-state index in [0.717, 1.165) is 5.57 Å². The maximum absolute atomic E-state index is 12.3. The summed E-state index contributed by atoms with van der Waals surface area (Å²) in [4.78, 5) is 24.1. The normalized spacial score (nSPS) is 31.6. The van der Waals surface area contributed by atoms with Crippen molar-refractivity contribution in [2.24, 2.45) is 5.41 Å². The van der Waals surface area contributed by atoms with Crippen LogP contribution in [0.5, 0.6) is 0 Å². The Hall–Kier alpha value is -1.78. The standard InChI is InChI=1S/C15H20O5/c1-9(2)14(3)8-15(13(17)19-5)7-6-10(11(15)20-14)12(16)18-4/h1,6-8H2,2-5H3/t14-,15+/m0/s1. The topological polar surface area (TPSA) is 61.8 Å². The van der Waals surface area contributed by atoms with Gasteiger partial charge in [-0.2, -0.15) is 0 Å². The van der Waals surface area contributed by atoms with E-state index in [-0.39, 0.29) is 5.97 Å². The molecule has 5 heteroatoms. The molecule has 0 aromatic carbocycles. The Kier molecular flexibility index (Phi) is 3.40. The van der Waals surface area contributed by atoms with Crippen LogP contribution in [-0.2, 0) is 23.8 Å². The van der Waals surface area contributed by atoms with Crippen LogP contribution in [0.4, 0.5) is 0 Å². The van der Waals surface area contributed by atoms with E-state index in [9.17, 15) is 9.59 Å². The van der Waals surface area contributed by atoms with Gasteiger partial charge in [0.25, 0.3) is 0 Å². The number of methoxy groups -OCH3 is 2. The fourth-order valence-electron chi connectivity index (χ4n) is 3.04. The van der Waals surface area contributed by atoms with Gasteiger partial charge in [-0.1, -0.05) is 6.58 Å². The van der Waals surface area contributed by atoms with E-state index < -0.39 is 17.0 Å². The zero-order valence-corrected chi connectivity index (χ0v) is 12.4. The van der Waals surface area contributed by atoms with Gasteiger partial charge in [-0.3, -0.25) is 4.79 Å². The lowest BCUT2D eigenvalue weighted by Crippen LogP contribution is -2.32. The van der Waals surface area contributed by atoms with Gasteiger partial charge in [0.1, 0.15) is 16.8 Å². The number of hydrogen-bond donors (Lipinski definition) is 0. The molecule has 0 radical (unpaired) electrons. The number of fused-ring (bicyclic) bond motifs is 1. The van der Waals surface area contributed by atoms with Crippen LogP contribution in [0.3, 0.4) is 0 Å². The summed E-state index contributed by atoms with van der Waals surface area (Å²) < 4.78 is 15.7. The number of hydrogen-bond acceptors (Lipinski definition) is 5. The molecule has 1 heterocycles. The minimum atomic E-state index is -0.883. The third kappa shape index (κ3) is 1.84. The molecule has 1 fully saturated rings. The first kappa shape index (κ1) is 14.6. The van der Waals surface area contributed by atoms with E-state index in [1.165, 1.54) is 14.2 Å². The van der Waals surface area contributed by atoms with Crippen molar-refractivity contribution in [3.8, 4) is 0 Å². The largest absolute Gasteiger partial charge is 0.486 e. The minimum Gasteiger partial charge on any atom is -0.486 e. The number of rotatable bonds is 3. The lowest BCUT2D eigenvalue weighted by molar-refractivity contribution is -0.150. The summed E-state index contributed by atoms with van der Waals surface area (Å²) in [5, 5.41) is 0. The van der Waals surface area contributed by atoms with Crippen molar-refractivity contribution in [1.29, 1.82) is 0 Å². The Labute approximate surface area is 118 Å². The highest BCUT2D eigenvalue weighted by Gasteiger charge is 2.61. The third-order valence-electron chi connectivity index (χ3n) is 4.39. The molecule has 1 aliphatic heterocycles. The Morgan fingerprint density at radius 1 is 1.30 bits per heavy atom. The summed E-state index contributed by atoms with van der Waals surface area (Å²) in [6.07, 6.45) is 1.41. The van der Waals surface area contributed by atoms with E-state index in [1.54, 1.807) is 0 Å². The van der Waals surface area contributed by atoms with Gasteiger partial charge < -0.3 is 14.2 Å². The SMILES string of the molecule is C=C(C)[C@]1(C)C[C@]2(C(=O)OC)CCC(C(=O)OC)=C2O1. The van der Waals surface area contributed by atoms with Crippen LogP contribution in [0.2, 0.25) is 0 Å². The maximum Gasteiger partial charge on any atom is 0.337 e. The maximum atomic E-state index is 12.3. The van der Waals surface area contributed by atoms with Crippen molar-refractivity contribution in [3.63, 3.8) is 0 Å². The van der Waals surface area contributed by atoms with Crippen molar-refractivity contribution < 1.29 is 23.8 Å². The van der Waals surface area contributed by atoms with Crippen LogP contribution < -0.4 is 0 Å². The summed E-state index contributed by atoms with van der Waals surface area (Å²) in [6.45, 7) is 7.65. The highest BCUT2D eigenvalue weighted by molar-refractivity contribution is 5.94. The average Bonchev–Trinajstić information content (AvgIpc) is 2.90. The molecule has 20 heavy (non-hydrogen) atoms. The summed E-state index contributed by atoms with van der Waals surface area (Å²) in [7, 11) is 2.67. The fraction of sp³-hybridized carbons (Fsp3) is 0.600. The van der Waals surface area contributed by atoms with Crippen molar-refractivity contribution >= 4 is 11.9 Å². The van der Waals surface area contributed by atoms with E-state index >= 15 is 0 Å². The predicted octanol–water partition coefficient (Wildman–Crippen LogP) is 2.12. The molecule has 0 bridgehead atoms. The molecule has 5 nitrogen and oxygen atoms in total. The van der Waals surface area contributed by atoms with Crippen molar-refractivity contribution in [2.75, 3.05) is 14.2 Å². The number of carbonyl (C=O) groups excluding carboxylic acids is 2. The number of esters is 2. The molecule has 0 saturated carbocycles. The molecule has 2 aliphatic rings. The lowest BCUT2D eigenvalue weighted by Gasteiger charge is -2.25. The molecule has 0 spiro atoms. The van der Waals surface area contributed by atoms with Crippen LogP contribution >= 0.6 is 0 Å². The predicted molar refractivity (Wildman–Crippen MR) is 71.6 cm³/mol. The van der Waals surface area contributed by atoms with Crippen LogP contribution in [0.1, 0.15) is 33.1 Å². The van der Waals surface area contributed by atoms with E-state index in [1.807, 2.05) is 13.8 Å². The van der Waals surface area contributed by atoms with Crippen LogP contribution in [0.15, 0.2) is 23.5 Å². The zero-order valence-electron chi connectivity index (χ0n) is 12.4. The molecule has 0 N–H and O–H groups in total. The summed E-state index contributed by atoms with van der Waals surface area (Å²) in [5.74, 6) is -0.408. The van der Waals surface area contributed by atoms with E-state index in [4.69, 9.17) is 14.2 Å². The van der Waals surface area contributed by atoms with Gasteiger partial charge in [-0.05, 0) is 32.3 Å². The second kappa shape index (κ2) is 4.65. The van der Waals surface area contributed by atoms with Crippen LogP contribution in [0.25, 0.3) is 0 Å². The van der Waals surface area contributed by atoms with Crippen molar-refractivity contribution in [1.82, 2.24) is 0 Å². The molecular formula is C15H20O5. The lowest BCUT2D eigenvalue weighted by atomic mass is 9.77. The first-order valence-electron chi connectivity index (χ1n) is 6.56. The van der Waals surface area contributed by atoms with Gasteiger partial charge in [0, 0.05) is 6.42 Å². The molecule has 0 amide bonds. The second-order valence-corrected chi connectivity index (χ2v) is 5.66. The first-order valence-corrected chi connectivity index (χ1v) is 6.56. The van der Waals surface area contributed by atoms with Gasteiger partial charge in [-0.15, -0.1) is 0 Å². The Balaban J connectivity index is 2.54. The fourth-order valence-corrected chi connectivity index (χ4v) is 3.04. The average molecular weight is 280 g/mol. The zero-order chi connectivity index (χ0) is 15.1. The van der Waals surface area contributed by atoms with E-state index in [2.05, 4.69) is 6.58 Å². The summed E-state index contributed by atoms with van der Waals surface area (Å²) >= 11 is 0.